The summed E-state index contributed by atoms with van der Waals surface area (Å²) in [6.07, 6.45) is 7.91. The number of nitrogens with zero attached hydrogens (tertiary/aromatic N) is 4. The Morgan fingerprint density at radius 1 is 1.21 bits per heavy atom. The minimum Gasteiger partial charge on any atom is -0.457 e. The largest absolute Gasteiger partial charge is 0.457 e. The molecule has 3 aliphatic rings. The second kappa shape index (κ2) is 13.0. The Balaban J connectivity index is 1.36. The van der Waals surface area contributed by atoms with E-state index in [1.807, 2.05) is 16.8 Å². The number of amides is 3. The number of rotatable bonds is 11. The first-order chi connectivity index (χ1) is 20.9. The van der Waals surface area contributed by atoms with Gasteiger partial charge in [-0.15, -0.1) is 11.3 Å². The molecule has 1 fully saturated rings. The fourth-order valence-electron chi connectivity index (χ4n) is 5.47. The number of thiazole rings is 1. The van der Waals surface area contributed by atoms with Gasteiger partial charge in [0.15, 0.2) is 28.4 Å². The maximum absolute atomic E-state index is 13.5. The number of oxime groups is 1. The molecule has 1 unspecified atom stereocenters. The van der Waals surface area contributed by atoms with Crippen LogP contribution < -0.4 is 15.2 Å². The van der Waals surface area contributed by atoms with Gasteiger partial charge in [0.05, 0.1) is 6.04 Å². The molecule has 0 saturated carbocycles. The first-order valence-corrected chi connectivity index (χ1v) is 14.6. The van der Waals surface area contributed by atoms with Crippen molar-refractivity contribution < 1.29 is 38.1 Å². The van der Waals surface area contributed by atoms with Gasteiger partial charge in [-0.05, 0) is 25.3 Å². The third-order valence-corrected chi connectivity index (χ3v) is 8.01. The van der Waals surface area contributed by atoms with E-state index in [0.29, 0.717) is 18.5 Å². The summed E-state index contributed by atoms with van der Waals surface area (Å²) in [5, 5.41) is 10.7. The second-order valence-corrected chi connectivity index (χ2v) is 10.7. The number of carbonyl (C=O) groups excluding carboxylic acids is 4. The van der Waals surface area contributed by atoms with E-state index in [2.05, 4.69) is 40.0 Å². The number of fused-ring (bicyclic) bond motifs is 2. The van der Waals surface area contributed by atoms with Crippen LogP contribution in [0.1, 0.15) is 36.2 Å². The highest BCUT2D eigenvalue weighted by Crippen LogP contribution is 2.38. The van der Waals surface area contributed by atoms with Gasteiger partial charge in [-0.3, -0.25) is 19.8 Å². The minimum absolute atomic E-state index is 0.00660. The standard InChI is InChI=1S/C29H30N6O7S/c1-4-14-41-27(38)24-21(34-13-7-9-17-8-6-10-19(17)34)12-11-20-23(26(37)35(20)24)31-25(36)22(33-40-3)18-16-43-28(30-18)32-29(39)42-15-5-2/h4-5,7,9,13,16,20,23H,1-2,6,8,10-12,14-15H2,3H3,(H-,30,31,32,36,39)/p+1/b33-22-/t20?,23-/m1/s1. The van der Waals surface area contributed by atoms with Gasteiger partial charge < -0.3 is 19.6 Å². The van der Waals surface area contributed by atoms with E-state index in [4.69, 9.17) is 14.3 Å². The molecule has 2 aromatic rings. The van der Waals surface area contributed by atoms with E-state index >= 15 is 0 Å². The summed E-state index contributed by atoms with van der Waals surface area (Å²) in [7, 11) is 1.27. The van der Waals surface area contributed by atoms with Crippen molar-refractivity contribution in [1.29, 1.82) is 0 Å². The van der Waals surface area contributed by atoms with E-state index in [1.54, 1.807) is 0 Å². The van der Waals surface area contributed by atoms with Gasteiger partial charge in [0.1, 0.15) is 32.1 Å². The number of esters is 1. The van der Waals surface area contributed by atoms with Gasteiger partial charge in [0.2, 0.25) is 5.70 Å². The van der Waals surface area contributed by atoms with Gasteiger partial charge in [-0.1, -0.05) is 30.5 Å². The third-order valence-electron chi connectivity index (χ3n) is 7.25. The van der Waals surface area contributed by atoms with Crippen LogP contribution in [0.15, 0.2) is 59.9 Å². The average Bonchev–Trinajstić information content (AvgIpc) is 3.69. The van der Waals surface area contributed by atoms with Gasteiger partial charge in [0, 0.05) is 29.9 Å². The van der Waals surface area contributed by atoms with E-state index in [-0.39, 0.29) is 35.4 Å². The molecular formula is C29H31N6O7S+. The minimum atomic E-state index is -0.907. The van der Waals surface area contributed by atoms with Crippen molar-refractivity contribution in [1.82, 2.24) is 15.2 Å². The van der Waals surface area contributed by atoms with Crippen LogP contribution >= 0.6 is 11.3 Å². The number of ether oxygens (including phenoxy) is 2. The Labute approximate surface area is 251 Å². The molecule has 2 atom stereocenters. The first-order valence-electron chi connectivity index (χ1n) is 13.7. The molecular weight excluding hydrogens is 576 g/mol. The molecule has 1 aliphatic carbocycles. The maximum atomic E-state index is 13.5. The fraction of sp³-hybridized carbons (Fsp3) is 0.345. The first kappa shape index (κ1) is 29.6. The molecule has 0 radical (unpaired) electrons. The van der Waals surface area contributed by atoms with Crippen molar-refractivity contribution in [2.24, 2.45) is 5.16 Å². The SMILES string of the molecule is C=CCOC(=O)Nc1nc(/C(=N/OC)C(=O)N[C@H]2C(=O)N3C(C(=O)OCC=C)=C([n+]4cccc5c4CCC5)CCC23)cs1. The normalized spacial score (nSPS) is 19.0. The lowest BCUT2D eigenvalue weighted by molar-refractivity contribution is -0.593. The zero-order chi connectivity index (χ0) is 30.5. The van der Waals surface area contributed by atoms with Gasteiger partial charge in [0.25, 0.3) is 11.8 Å². The highest BCUT2D eigenvalue weighted by molar-refractivity contribution is 7.14. The predicted octanol–water partition coefficient (Wildman–Crippen LogP) is 2.09. The van der Waals surface area contributed by atoms with Crippen molar-refractivity contribution in [3.8, 4) is 0 Å². The molecule has 0 spiro atoms. The lowest BCUT2D eigenvalue weighted by atomic mass is 9.85. The highest BCUT2D eigenvalue weighted by Gasteiger charge is 2.56. The van der Waals surface area contributed by atoms with Gasteiger partial charge in [-0.2, -0.15) is 4.57 Å². The Morgan fingerprint density at radius 3 is 2.77 bits per heavy atom. The fourth-order valence-corrected chi connectivity index (χ4v) is 6.15. The summed E-state index contributed by atoms with van der Waals surface area (Å²) in [6.45, 7) is 7.10. The molecule has 13 nitrogen and oxygen atoms in total. The van der Waals surface area contributed by atoms with Crippen molar-refractivity contribution in [2.45, 2.75) is 44.2 Å². The van der Waals surface area contributed by atoms with Crippen LogP contribution in [0.5, 0.6) is 0 Å². The number of nitrogens with one attached hydrogen (secondary N) is 2. The lowest BCUT2D eigenvalue weighted by Gasteiger charge is -2.49. The molecule has 2 aliphatic heterocycles. The number of allylic oxidation sites excluding steroid dienone is 1. The molecule has 1 saturated heterocycles. The molecule has 224 valence electrons. The zero-order valence-electron chi connectivity index (χ0n) is 23.5. The van der Waals surface area contributed by atoms with Crippen molar-refractivity contribution in [3.05, 3.63) is 71.7 Å². The summed E-state index contributed by atoms with van der Waals surface area (Å²) in [5.41, 5.74) is 3.14. The molecule has 4 heterocycles. The molecule has 0 bridgehead atoms. The monoisotopic (exact) mass is 607 g/mol. The zero-order valence-corrected chi connectivity index (χ0v) is 24.4. The van der Waals surface area contributed by atoms with Crippen molar-refractivity contribution in [3.63, 3.8) is 0 Å². The molecule has 2 aromatic heterocycles. The van der Waals surface area contributed by atoms with E-state index < -0.39 is 36.0 Å². The Morgan fingerprint density at radius 2 is 2.00 bits per heavy atom. The van der Waals surface area contributed by atoms with E-state index in [9.17, 15) is 19.2 Å². The number of β-lactam (4-membered cyclic amide) rings is 1. The molecule has 2 N–H and O–H groups in total. The van der Waals surface area contributed by atoms with Crippen LogP contribution in [0.4, 0.5) is 9.93 Å². The average molecular weight is 608 g/mol. The summed E-state index contributed by atoms with van der Waals surface area (Å²) >= 11 is 1.05. The molecule has 43 heavy (non-hydrogen) atoms. The van der Waals surface area contributed by atoms with Crippen molar-refractivity contribution in [2.75, 3.05) is 25.6 Å². The van der Waals surface area contributed by atoms with E-state index in [0.717, 1.165) is 36.3 Å². The molecule has 0 aromatic carbocycles. The number of anilines is 1. The number of hydrogen-bond acceptors (Lipinski definition) is 10. The van der Waals surface area contributed by atoms with Crippen LogP contribution in [0.3, 0.4) is 0 Å². The summed E-state index contributed by atoms with van der Waals surface area (Å²) in [5.74, 6) is -1.78. The lowest BCUT2D eigenvalue weighted by Crippen LogP contribution is -2.72. The highest BCUT2D eigenvalue weighted by atomic mass is 32.1. The number of aromatic nitrogens is 2. The van der Waals surface area contributed by atoms with Crippen LogP contribution in [0, 0.1) is 0 Å². The maximum Gasteiger partial charge on any atom is 0.413 e. The molecule has 5 rings (SSSR count). The Kier molecular flexibility index (Phi) is 8.95. The molecule has 14 heteroatoms. The second-order valence-electron chi connectivity index (χ2n) is 9.82. The van der Waals surface area contributed by atoms with Crippen LogP contribution in [-0.2, 0) is 41.5 Å². The predicted molar refractivity (Wildman–Crippen MR) is 156 cm³/mol. The quantitative estimate of drug-likeness (QED) is 0.0984. The number of pyridine rings is 1. The number of carbonyl (C=O) groups is 4. The smallest absolute Gasteiger partial charge is 0.413 e. The van der Waals surface area contributed by atoms with Crippen molar-refractivity contribution >= 4 is 51.8 Å². The Hall–Kier alpha value is -4.85. The topological polar surface area (TPSA) is 152 Å². The number of hydrogen-bond donors (Lipinski definition) is 2. The molecule has 3 amide bonds. The summed E-state index contributed by atoms with van der Waals surface area (Å²) in [6, 6.07) is 2.64. The van der Waals surface area contributed by atoms with Gasteiger partial charge >= 0.3 is 12.1 Å². The Bertz CT molecular complexity index is 1550. The van der Waals surface area contributed by atoms with E-state index in [1.165, 1.54) is 35.1 Å². The van der Waals surface area contributed by atoms with Crippen LogP contribution in [-0.4, -0.2) is 71.9 Å². The van der Waals surface area contributed by atoms with Gasteiger partial charge in [-0.25, -0.2) is 14.6 Å². The number of aryl methyl sites for hydroxylation is 1. The van der Waals surface area contributed by atoms with Crippen LogP contribution in [0.2, 0.25) is 0 Å². The third kappa shape index (κ3) is 5.91. The summed E-state index contributed by atoms with van der Waals surface area (Å²) < 4.78 is 12.3. The summed E-state index contributed by atoms with van der Waals surface area (Å²) in [4.78, 5) is 62.5. The van der Waals surface area contributed by atoms with Crippen LogP contribution in [0.25, 0.3) is 5.70 Å².